The number of benzene rings is 1. The third kappa shape index (κ3) is 5.67. The SMILES string of the molecule is CC(NC(=O)c1cccc(Cl)c1Cl)C(=O)NCC1=CCNCC1.Cl. The Hall–Kier alpha value is -1.27. The average molecular weight is 393 g/mol. The van der Waals surface area contributed by atoms with Crippen molar-refractivity contribution >= 4 is 47.4 Å². The summed E-state index contributed by atoms with van der Waals surface area (Å²) < 4.78 is 0. The Kier molecular flexibility index (Phi) is 8.56. The fraction of sp³-hybridized carbons (Fsp3) is 0.375. The number of hydrogen-bond donors (Lipinski definition) is 3. The van der Waals surface area contributed by atoms with E-state index in [0.29, 0.717) is 11.6 Å². The van der Waals surface area contributed by atoms with E-state index in [1.54, 1.807) is 25.1 Å². The Labute approximate surface area is 157 Å². The summed E-state index contributed by atoms with van der Waals surface area (Å²) in [7, 11) is 0. The van der Waals surface area contributed by atoms with Crippen molar-refractivity contribution in [2.24, 2.45) is 0 Å². The zero-order valence-corrected chi connectivity index (χ0v) is 15.5. The zero-order chi connectivity index (χ0) is 16.8. The van der Waals surface area contributed by atoms with Crippen LogP contribution in [0.15, 0.2) is 29.8 Å². The van der Waals surface area contributed by atoms with Gasteiger partial charge in [-0.2, -0.15) is 0 Å². The predicted octanol–water partition coefficient (Wildman–Crippen LogP) is 2.57. The minimum absolute atomic E-state index is 0. The van der Waals surface area contributed by atoms with Crippen LogP contribution in [0.3, 0.4) is 0 Å². The maximum atomic E-state index is 12.2. The Morgan fingerprint density at radius 3 is 2.75 bits per heavy atom. The van der Waals surface area contributed by atoms with Crippen LogP contribution >= 0.6 is 35.6 Å². The van der Waals surface area contributed by atoms with Crippen molar-refractivity contribution in [1.82, 2.24) is 16.0 Å². The van der Waals surface area contributed by atoms with Crippen LogP contribution in [0.25, 0.3) is 0 Å². The molecule has 1 unspecified atom stereocenters. The summed E-state index contributed by atoms with van der Waals surface area (Å²) in [5.41, 5.74) is 1.44. The fourth-order valence-corrected chi connectivity index (χ4v) is 2.59. The molecule has 0 bridgehead atoms. The highest BCUT2D eigenvalue weighted by atomic mass is 35.5. The van der Waals surface area contributed by atoms with E-state index in [1.165, 1.54) is 5.57 Å². The molecule has 132 valence electrons. The molecule has 1 atom stereocenters. The van der Waals surface area contributed by atoms with Crippen molar-refractivity contribution in [2.75, 3.05) is 19.6 Å². The molecule has 0 aliphatic carbocycles. The van der Waals surface area contributed by atoms with E-state index < -0.39 is 11.9 Å². The summed E-state index contributed by atoms with van der Waals surface area (Å²) in [6.45, 7) is 3.87. The molecule has 1 heterocycles. The third-order valence-corrected chi connectivity index (χ3v) is 4.40. The molecular formula is C16H20Cl3N3O2. The zero-order valence-electron chi connectivity index (χ0n) is 13.2. The Morgan fingerprint density at radius 2 is 2.08 bits per heavy atom. The van der Waals surface area contributed by atoms with Crippen LogP contribution in [-0.4, -0.2) is 37.5 Å². The number of carbonyl (C=O) groups is 2. The molecule has 0 aromatic heterocycles. The summed E-state index contributed by atoms with van der Waals surface area (Å²) >= 11 is 11.9. The number of hydrogen-bond acceptors (Lipinski definition) is 3. The lowest BCUT2D eigenvalue weighted by Crippen LogP contribution is -2.45. The van der Waals surface area contributed by atoms with Gasteiger partial charge < -0.3 is 16.0 Å². The van der Waals surface area contributed by atoms with Crippen LogP contribution in [0.4, 0.5) is 0 Å². The molecule has 0 radical (unpaired) electrons. The minimum atomic E-state index is -0.667. The topological polar surface area (TPSA) is 70.2 Å². The second-order valence-electron chi connectivity index (χ2n) is 5.33. The molecule has 1 aliphatic heterocycles. The first-order valence-electron chi connectivity index (χ1n) is 7.40. The van der Waals surface area contributed by atoms with E-state index >= 15 is 0 Å². The van der Waals surface area contributed by atoms with Crippen molar-refractivity contribution in [1.29, 1.82) is 0 Å². The monoisotopic (exact) mass is 391 g/mol. The van der Waals surface area contributed by atoms with Crippen LogP contribution in [0.2, 0.25) is 10.0 Å². The Bertz CT molecular complexity index is 635. The molecule has 0 saturated carbocycles. The molecule has 1 aromatic carbocycles. The number of halogens is 3. The molecule has 1 aromatic rings. The molecule has 3 N–H and O–H groups in total. The van der Waals surface area contributed by atoms with E-state index in [4.69, 9.17) is 23.2 Å². The van der Waals surface area contributed by atoms with E-state index in [1.807, 2.05) is 0 Å². The highest BCUT2D eigenvalue weighted by molar-refractivity contribution is 6.43. The van der Waals surface area contributed by atoms with Gasteiger partial charge in [0.25, 0.3) is 5.91 Å². The molecule has 8 heteroatoms. The maximum absolute atomic E-state index is 12.2. The van der Waals surface area contributed by atoms with Crippen molar-refractivity contribution in [3.05, 3.63) is 45.5 Å². The van der Waals surface area contributed by atoms with E-state index in [2.05, 4.69) is 22.0 Å². The average Bonchev–Trinajstić information content (AvgIpc) is 2.55. The smallest absolute Gasteiger partial charge is 0.253 e. The highest BCUT2D eigenvalue weighted by Crippen LogP contribution is 2.25. The van der Waals surface area contributed by atoms with Gasteiger partial charge in [0.2, 0.25) is 5.91 Å². The second-order valence-corrected chi connectivity index (χ2v) is 6.12. The van der Waals surface area contributed by atoms with Gasteiger partial charge in [0, 0.05) is 13.1 Å². The quantitative estimate of drug-likeness (QED) is 0.675. The molecule has 1 aliphatic rings. The first kappa shape index (κ1) is 20.8. The van der Waals surface area contributed by atoms with Gasteiger partial charge in [-0.25, -0.2) is 0 Å². The predicted molar refractivity (Wildman–Crippen MR) is 99.2 cm³/mol. The van der Waals surface area contributed by atoms with Gasteiger partial charge in [-0.1, -0.05) is 40.9 Å². The lowest BCUT2D eigenvalue weighted by molar-refractivity contribution is -0.122. The molecule has 0 spiro atoms. The van der Waals surface area contributed by atoms with E-state index in [0.717, 1.165) is 19.5 Å². The fourth-order valence-electron chi connectivity index (χ4n) is 2.20. The summed E-state index contributed by atoms with van der Waals surface area (Å²) in [5, 5.41) is 9.14. The van der Waals surface area contributed by atoms with Crippen molar-refractivity contribution in [2.45, 2.75) is 19.4 Å². The van der Waals surface area contributed by atoms with Gasteiger partial charge in [-0.3, -0.25) is 9.59 Å². The number of nitrogens with one attached hydrogen (secondary N) is 3. The van der Waals surface area contributed by atoms with Crippen molar-refractivity contribution in [3.8, 4) is 0 Å². The molecular weight excluding hydrogens is 373 g/mol. The van der Waals surface area contributed by atoms with Crippen LogP contribution in [0.1, 0.15) is 23.7 Å². The first-order valence-corrected chi connectivity index (χ1v) is 8.16. The molecule has 24 heavy (non-hydrogen) atoms. The van der Waals surface area contributed by atoms with Gasteiger partial charge >= 0.3 is 0 Å². The Morgan fingerprint density at radius 1 is 1.33 bits per heavy atom. The molecule has 2 amide bonds. The van der Waals surface area contributed by atoms with E-state index in [9.17, 15) is 9.59 Å². The summed E-state index contributed by atoms with van der Waals surface area (Å²) in [4.78, 5) is 24.3. The van der Waals surface area contributed by atoms with Crippen LogP contribution in [0.5, 0.6) is 0 Å². The third-order valence-electron chi connectivity index (χ3n) is 3.58. The first-order chi connectivity index (χ1) is 11.0. The van der Waals surface area contributed by atoms with Gasteiger partial charge in [0.05, 0.1) is 15.6 Å². The standard InChI is InChI=1S/C16H19Cl2N3O2.ClH/c1-10(15(22)20-9-11-5-7-19-8-6-11)21-16(23)12-3-2-4-13(17)14(12)18;/h2-5,10,19H,6-9H2,1H3,(H,20,22)(H,21,23);1H. The molecule has 0 saturated heterocycles. The van der Waals surface area contributed by atoms with Gasteiger partial charge in [-0.15, -0.1) is 12.4 Å². The lowest BCUT2D eigenvalue weighted by atomic mass is 10.1. The summed E-state index contributed by atoms with van der Waals surface area (Å²) in [5.74, 6) is -0.669. The maximum Gasteiger partial charge on any atom is 0.253 e. The van der Waals surface area contributed by atoms with Crippen LogP contribution in [0, 0.1) is 0 Å². The second kappa shape index (κ2) is 9.89. The number of amides is 2. The largest absolute Gasteiger partial charge is 0.351 e. The van der Waals surface area contributed by atoms with Crippen LogP contribution in [-0.2, 0) is 4.79 Å². The van der Waals surface area contributed by atoms with Crippen LogP contribution < -0.4 is 16.0 Å². The molecule has 5 nitrogen and oxygen atoms in total. The summed E-state index contributed by atoms with van der Waals surface area (Å²) in [6, 6.07) is 4.13. The van der Waals surface area contributed by atoms with Crippen molar-refractivity contribution in [3.63, 3.8) is 0 Å². The number of rotatable bonds is 5. The number of carbonyl (C=O) groups excluding carboxylic acids is 2. The van der Waals surface area contributed by atoms with Gasteiger partial charge in [-0.05, 0) is 32.0 Å². The van der Waals surface area contributed by atoms with Gasteiger partial charge in [0.15, 0.2) is 0 Å². The highest BCUT2D eigenvalue weighted by Gasteiger charge is 2.19. The van der Waals surface area contributed by atoms with Gasteiger partial charge in [0.1, 0.15) is 6.04 Å². The van der Waals surface area contributed by atoms with Crippen molar-refractivity contribution < 1.29 is 9.59 Å². The van der Waals surface area contributed by atoms with E-state index in [-0.39, 0.29) is 28.9 Å². The minimum Gasteiger partial charge on any atom is -0.351 e. The Balaban J connectivity index is 0.00000288. The normalized spacial score (nSPS) is 14.9. The molecule has 2 rings (SSSR count). The molecule has 0 fully saturated rings. The summed E-state index contributed by atoms with van der Waals surface area (Å²) in [6.07, 6.45) is 2.98. The lowest BCUT2D eigenvalue weighted by Gasteiger charge is -2.17.